The van der Waals surface area contributed by atoms with E-state index in [4.69, 9.17) is 9.84 Å². The molecule has 18 heavy (non-hydrogen) atoms. The number of aliphatic hydroxyl groups is 1. The van der Waals surface area contributed by atoms with Crippen molar-refractivity contribution in [2.24, 2.45) is 0 Å². The van der Waals surface area contributed by atoms with Gasteiger partial charge >= 0.3 is 5.97 Å². The number of carbonyl (C=O) groups excluding carboxylic acids is 1. The smallest absolute Gasteiger partial charge is 0.323 e. The minimum absolute atomic E-state index is 0.0869. The molecule has 0 aliphatic heterocycles. The fourth-order valence-electron chi connectivity index (χ4n) is 2.57. The van der Waals surface area contributed by atoms with Crippen molar-refractivity contribution in [3.8, 4) is 0 Å². The van der Waals surface area contributed by atoms with Gasteiger partial charge in [0.1, 0.15) is 11.6 Å². The van der Waals surface area contributed by atoms with E-state index in [1.54, 1.807) is 0 Å². The first-order valence-electron chi connectivity index (χ1n) is 6.94. The summed E-state index contributed by atoms with van der Waals surface area (Å²) in [4.78, 5) is 14.2. The lowest BCUT2D eigenvalue weighted by molar-refractivity contribution is -0.161. The molecule has 0 aromatic carbocycles. The molecule has 0 aromatic rings. The summed E-state index contributed by atoms with van der Waals surface area (Å²) in [6, 6.07) is 0.138. The van der Waals surface area contributed by atoms with E-state index < -0.39 is 5.60 Å². The molecule has 0 bridgehead atoms. The zero-order chi connectivity index (χ0) is 13.8. The van der Waals surface area contributed by atoms with Gasteiger partial charge in [-0.15, -0.1) is 0 Å². The third-order valence-corrected chi connectivity index (χ3v) is 3.40. The molecule has 4 heteroatoms. The summed E-state index contributed by atoms with van der Waals surface area (Å²) in [5, 5.41) is 9.17. The van der Waals surface area contributed by atoms with Crippen LogP contribution in [0.5, 0.6) is 0 Å². The maximum absolute atomic E-state index is 12.1. The van der Waals surface area contributed by atoms with Gasteiger partial charge in [-0.3, -0.25) is 9.69 Å². The predicted octanol–water partition coefficient (Wildman–Crippen LogP) is 1.95. The number of carbonyl (C=O) groups is 1. The van der Waals surface area contributed by atoms with E-state index in [0.29, 0.717) is 12.6 Å². The summed E-state index contributed by atoms with van der Waals surface area (Å²) < 4.78 is 5.42. The Labute approximate surface area is 110 Å². The molecule has 1 aliphatic rings. The van der Waals surface area contributed by atoms with E-state index in [-0.39, 0.29) is 18.6 Å². The highest BCUT2D eigenvalue weighted by Gasteiger charge is 2.32. The molecule has 1 fully saturated rings. The standard InChI is InChI=1S/C14H27NO3/c1-11(13(17)18-14(2,3)4)15(9-10-16)12-7-5-6-8-12/h11-12,16H,5-10H2,1-4H3. The Balaban J connectivity index is 2.63. The van der Waals surface area contributed by atoms with E-state index in [1.807, 2.05) is 27.7 Å². The van der Waals surface area contributed by atoms with Crippen molar-refractivity contribution in [2.45, 2.75) is 71.1 Å². The molecule has 1 atom stereocenters. The summed E-state index contributed by atoms with van der Waals surface area (Å²) in [7, 11) is 0. The zero-order valence-corrected chi connectivity index (χ0v) is 12.1. The molecule has 1 saturated carbocycles. The van der Waals surface area contributed by atoms with Crippen molar-refractivity contribution in [1.29, 1.82) is 0 Å². The number of esters is 1. The highest BCUT2D eigenvalue weighted by Crippen LogP contribution is 2.25. The fourth-order valence-corrected chi connectivity index (χ4v) is 2.57. The van der Waals surface area contributed by atoms with Gasteiger partial charge in [-0.1, -0.05) is 12.8 Å². The van der Waals surface area contributed by atoms with Gasteiger partial charge < -0.3 is 9.84 Å². The van der Waals surface area contributed by atoms with Gasteiger partial charge in [0.15, 0.2) is 0 Å². The van der Waals surface area contributed by atoms with Crippen LogP contribution >= 0.6 is 0 Å². The quantitative estimate of drug-likeness (QED) is 0.765. The van der Waals surface area contributed by atoms with E-state index in [9.17, 15) is 4.79 Å². The van der Waals surface area contributed by atoms with E-state index >= 15 is 0 Å². The number of rotatable bonds is 5. The van der Waals surface area contributed by atoms with Crippen LogP contribution in [0, 0.1) is 0 Å². The third-order valence-electron chi connectivity index (χ3n) is 3.40. The largest absolute Gasteiger partial charge is 0.459 e. The number of nitrogens with zero attached hydrogens (tertiary/aromatic N) is 1. The minimum Gasteiger partial charge on any atom is -0.459 e. The molecule has 0 heterocycles. The van der Waals surface area contributed by atoms with Crippen LogP contribution in [0.2, 0.25) is 0 Å². The monoisotopic (exact) mass is 257 g/mol. The van der Waals surface area contributed by atoms with Gasteiger partial charge in [-0.25, -0.2) is 0 Å². The minimum atomic E-state index is -0.452. The lowest BCUT2D eigenvalue weighted by atomic mass is 10.1. The first kappa shape index (κ1) is 15.4. The highest BCUT2D eigenvalue weighted by atomic mass is 16.6. The van der Waals surface area contributed by atoms with E-state index in [0.717, 1.165) is 12.8 Å². The third kappa shape index (κ3) is 4.58. The molecular formula is C14H27NO3. The van der Waals surface area contributed by atoms with Crippen molar-refractivity contribution >= 4 is 5.97 Å². The second-order valence-corrected chi connectivity index (χ2v) is 6.11. The van der Waals surface area contributed by atoms with Crippen LogP contribution < -0.4 is 0 Å². The Hall–Kier alpha value is -0.610. The Morgan fingerprint density at radius 1 is 1.39 bits per heavy atom. The van der Waals surface area contributed by atoms with Crippen molar-refractivity contribution in [3.05, 3.63) is 0 Å². The van der Waals surface area contributed by atoms with Gasteiger partial charge in [0.05, 0.1) is 6.61 Å². The lowest BCUT2D eigenvalue weighted by Crippen LogP contribution is -2.48. The van der Waals surface area contributed by atoms with Crippen molar-refractivity contribution in [1.82, 2.24) is 4.90 Å². The molecular weight excluding hydrogens is 230 g/mol. The van der Waals surface area contributed by atoms with Crippen LogP contribution in [-0.4, -0.2) is 46.8 Å². The van der Waals surface area contributed by atoms with Gasteiger partial charge in [-0.05, 0) is 40.5 Å². The molecule has 0 saturated heterocycles. The molecule has 0 aromatic heterocycles. The van der Waals surface area contributed by atoms with Gasteiger partial charge in [0, 0.05) is 12.6 Å². The number of ether oxygens (including phenoxy) is 1. The number of hydrogen-bond acceptors (Lipinski definition) is 4. The Bertz CT molecular complexity index is 267. The summed E-state index contributed by atoms with van der Waals surface area (Å²) in [5.74, 6) is -0.192. The Morgan fingerprint density at radius 2 is 1.94 bits per heavy atom. The second-order valence-electron chi connectivity index (χ2n) is 6.11. The van der Waals surface area contributed by atoms with Gasteiger partial charge in [0.25, 0.3) is 0 Å². The van der Waals surface area contributed by atoms with Crippen molar-refractivity contribution in [2.75, 3.05) is 13.2 Å². The summed E-state index contributed by atoms with van der Waals surface area (Å²) in [6.45, 7) is 8.15. The maximum Gasteiger partial charge on any atom is 0.323 e. The van der Waals surface area contributed by atoms with Crippen molar-refractivity contribution in [3.63, 3.8) is 0 Å². The summed E-state index contributed by atoms with van der Waals surface area (Å²) in [5.41, 5.74) is -0.452. The average Bonchev–Trinajstić information content (AvgIpc) is 2.75. The topological polar surface area (TPSA) is 49.8 Å². The van der Waals surface area contributed by atoms with Crippen LogP contribution in [0.4, 0.5) is 0 Å². The van der Waals surface area contributed by atoms with Crippen LogP contribution in [0.25, 0.3) is 0 Å². The van der Waals surface area contributed by atoms with Crippen LogP contribution in [0.3, 0.4) is 0 Å². The SMILES string of the molecule is CC(C(=O)OC(C)(C)C)N(CCO)C1CCCC1. The molecule has 1 aliphatic carbocycles. The van der Waals surface area contributed by atoms with E-state index in [1.165, 1.54) is 12.8 Å². The molecule has 4 nitrogen and oxygen atoms in total. The molecule has 1 rings (SSSR count). The Kier molecular flexibility index (Phi) is 5.60. The van der Waals surface area contributed by atoms with Crippen LogP contribution in [-0.2, 0) is 9.53 Å². The van der Waals surface area contributed by atoms with Crippen LogP contribution in [0.1, 0.15) is 53.4 Å². The molecule has 1 unspecified atom stereocenters. The lowest BCUT2D eigenvalue weighted by Gasteiger charge is -2.34. The van der Waals surface area contributed by atoms with Gasteiger partial charge in [-0.2, -0.15) is 0 Å². The number of hydrogen-bond donors (Lipinski definition) is 1. The summed E-state index contributed by atoms with van der Waals surface area (Å²) >= 11 is 0. The first-order valence-corrected chi connectivity index (χ1v) is 6.94. The maximum atomic E-state index is 12.1. The first-order chi connectivity index (χ1) is 8.35. The average molecular weight is 257 g/mol. The molecule has 106 valence electrons. The van der Waals surface area contributed by atoms with E-state index in [2.05, 4.69) is 4.90 Å². The van der Waals surface area contributed by atoms with Gasteiger partial charge in [0.2, 0.25) is 0 Å². The zero-order valence-electron chi connectivity index (χ0n) is 12.1. The summed E-state index contributed by atoms with van der Waals surface area (Å²) in [6.07, 6.45) is 4.67. The number of aliphatic hydroxyl groups excluding tert-OH is 1. The van der Waals surface area contributed by atoms with Crippen molar-refractivity contribution < 1.29 is 14.6 Å². The normalized spacial score (nSPS) is 19.2. The molecule has 0 spiro atoms. The molecule has 0 radical (unpaired) electrons. The van der Waals surface area contributed by atoms with Crippen LogP contribution in [0.15, 0.2) is 0 Å². The molecule has 0 amide bonds. The Morgan fingerprint density at radius 3 is 2.39 bits per heavy atom. The fraction of sp³-hybridized carbons (Fsp3) is 0.929. The highest BCUT2D eigenvalue weighted by molar-refractivity contribution is 5.75. The second kappa shape index (κ2) is 6.53. The predicted molar refractivity (Wildman–Crippen MR) is 71.4 cm³/mol. The molecule has 1 N–H and O–H groups in total.